The first-order valence-electron chi connectivity index (χ1n) is 7.13. The summed E-state index contributed by atoms with van der Waals surface area (Å²) in [5.41, 5.74) is 1.11. The summed E-state index contributed by atoms with van der Waals surface area (Å²) in [6.45, 7) is 20.6. The number of benzene rings is 1. The van der Waals surface area contributed by atoms with Crippen molar-refractivity contribution in [3.8, 4) is 5.75 Å². The maximum atomic E-state index is 10.7. The fraction of sp³-hybridized carbons (Fsp3) is 0.625. The van der Waals surface area contributed by atoms with Crippen LogP contribution in [-0.2, 0) is 5.41 Å². The molecule has 1 nitrogen and oxygen atoms in total. The van der Waals surface area contributed by atoms with Crippen molar-refractivity contribution in [3.63, 3.8) is 0 Å². The van der Waals surface area contributed by atoms with Gasteiger partial charge in [0.25, 0.3) is 0 Å². The van der Waals surface area contributed by atoms with Crippen LogP contribution in [0.4, 0.5) is 0 Å². The van der Waals surface area contributed by atoms with E-state index in [1.807, 2.05) is 0 Å². The van der Waals surface area contributed by atoms with E-state index in [1.165, 1.54) is 10.4 Å². The molecule has 1 rings (SSSR count). The second-order valence-corrected chi connectivity index (χ2v) is 18.8. The molecule has 0 aliphatic carbocycles. The van der Waals surface area contributed by atoms with E-state index in [9.17, 15) is 5.11 Å². The molecule has 1 aromatic carbocycles. The van der Waals surface area contributed by atoms with E-state index < -0.39 is 16.1 Å². The molecule has 0 bridgehead atoms. The third-order valence-corrected chi connectivity index (χ3v) is 7.61. The van der Waals surface area contributed by atoms with Crippen molar-refractivity contribution in [1.29, 1.82) is 0 Å². The Morgan fingerprint density at radius 1 is 0.842 bits per heavy atom. The maximum absolute atomic E-state index is 10.7. The fourth-order valence-electron chi connectivity index (χ4n) is 2.21. The minimum absolute atomic E-state index is 0.00581. The molecular formula is C16H30OSi2. The molecule has 0 spiro atoms. The Kier molecular flexibility index (Phi) is 4.15. The van der Waals surface area contributed by atoms with Crippen molar-refractivity contribution < 1.29 is 5.11 Å². The lowest BCUT2D eigenvalue weighted by Crippen LogP contribution is -2.46. The zero-order chi connectivity index (χ0) is 15.2. The van der Waals surface area contributed by atoms with Crippen LogP contribution in [-0.4, -0.2) is 21.3 Å². The molecule has 108 valence electrons. The van der Waals surface area contributed by atoms with Gasteiger partial charge < -0.3 is 5.11 Å². The van der Waals surface area contributed by atoms with Crippen LogP contribution in [0.2, 0.25) is 39.3 Å². The first kappa shape index (κ1) is 16.5. The Morgan fingerprint density at radius 2 is 1.32 bits per heavy atom. The number of aromatic hydroxyl groups is 1. The lowest BCUT2D eigenvalue weighted by atomic mass is 9.86. The molecule has 0 saturated carbocycles. The van der Waals surface area contributed by atoms with Gasteiger partial charge in [-0.3, -0.25) is 0 Å². The molecule has 0 aliphatic rings. The highest BCUT2D eigenvalue weighted by Gasteiger charge is 2.30. The highest BCUT2D eigenvalue weighted by Crippen LogP contribution is 2.30. The van der Waals surface area contributed by atoms with Crippen molar-refractivity contribution in [3.05, 3.63) is 17.7 Å². The Bertz CT molecular complexity index is 436. The minimum Gasteiger partial charge on any atom is -0.508 e. The van der Waals surface area contributed by atoms with Gasteiger partial charge in [0.05, 0.1) is 16.1 Å². The molecule has 0 unspecified atom stereocenters. The van der Waals surface area contributed by atoms with Gasteiger partial charge in [-0.1, -0.05) is 77.4 Å². The highest BCUT2D eigenvalue weighted by atomic mass is 28.3. The molecule has 0 amide bonds. The van der Waals surface area contributed by atoms with Crippen LogP contribution in [0.5, 0.6) is 5.75 Å². The number of phenols is 1. The zero-order valence-electron chi connectivity index (χ0n) is 14.1. The Labute approximate surface area is 121 Å². The lowest BCUT2D eigenvalue weighted by molar-refractivity contribution is 0.450. The van der Waals surface area contributed by atoms with Crippen molar-refractivity contribution in [2.45, 2.75) is 65.5 Å². The van der Waals surface area contributed by atoms with E-state index in [0.29, 0.717) is 5.75 Å². The van der Waals surface area contributed by atoms with Crippen LogP contribution < -0.4 is 10.4 Å². The van der Waals surface area contributed by atoms with Gasteiger partial charge in [0.15, 0.2) is 0 Å². The van der Waals surface area contributed by atoms with E-state index in [1.54, 1.807) is 0 Å². The second kappa shape index (κ2) is 4.78. The van der Waals surface area contributed by atoms with Gasteiger partial charge in [-0.15, -0.1) is 0 Å². The van der Waals surface area contributed by atoms with Gasteiger partial charge in [0.2, 0.25) is 0 Å². The monoisotopic (exact) mass is 294 g/mol. The summed E-state index contributed by atoms with van der Waals surface area (Å²) >= 11 is 0. The van der Waals surface area contributed by atoms with E-state index in [0.717, 1.165) is 5.56 Å². The predicted molar refractivity (Wildman–Crippen MR) is 92.8 cm³/mol. The van der Waals surface area contributed by atoms with Crippen molar-refractivity contribution in [2.75, 3.05) is 0 Å². The topological polar surface area (TPSA) is 20.2 Å². The first-order chi connectivity index (χ1) is 8.24. The summed E-state index contributed by atoms with van der Waals surface area (Å²) in [5.74, 6) is 0.550. The highest BCUT2D eigenvalue weighted by molar-refractivity contribution is 6.92. The van der Waals surface area contributed by atoms with Crippen LogP contribution in [0.25, 0.3) is 0 Å². The van der Waals surface area contributed by atoms with Gasteiger partial charge in [0, 0.05) is 0 Å². The molecule has 1 N–H and O–H groups in total. The summed E-state index contributed by atoms with van der Waals surface area (Å²) in [6.07, 6.45) is 0. The third-order valence-electron chi connectivity index (χ3n) is 3.59. The van der Waals surface area contributed by atoms with E-state index in [2.05, 4.69) is 72.2 Å². The number of phenolic OH excluding ortho intramolecular Hbond substituents is 1. The molecule has 0 atom stereocenters. The second-order valence-electron chi connectivity index (χ2n) is 8.67. The van der Waals surface area contributed by atoms with Crippen molar-refractivity contribution in [2.24, 2.45) is 0 Å². The van der Waals surface area contributed by atoms with E-state index in [4.69, 9.17) is 0 Å². The quantitative estimate of drug-likeness (QED) is 0.823. The Hall–Kier alpha value is -0.546. The fourth-order valence-corrected chi connectivity index (χ4v) is 4.94. The largest absolute Gasteiger partial charge is 0.508 e. The lowest BCUT2D eigenvalue weighted by Gasteiger charge is -2.30. The average molecular weight is 295 g/mol. The standard InChI is InChI=1S/C16H30OSi2/c1-16(2,3)13-10-12(18(4,5)6)11-14(15(13)17)19(7,8)9/h10-11,17H,1-9H3. The minimum atomic E-state index is -1.53. The third kappa shape index (κ3) is 3.72. The van der Waals surface area contributed by atoms with E-state index >= 15 is 0 Å². The van der Waals surface area contributed by atoms with Crippen LogP contribution in [0, 0.1) is 0 Å². The SMILES string of the molecule is CC(C)(C)c1cc([Si](C)(C)C)cc([Si](C)(C)C)c1O. The first-order valence-corrected chi connectivity index (χ1v) is 14.1. The molecule has 0 saturated heterocycles. The van der Waals surface area contributed by atoms with E-state index in [-0.39, 0.29) is 5.41 Å². The maximum Gasteiger partial charge on any atom is 0.118 e. The summed E-state index contributed by atoms with van der Waals surface area (Å²) < 4.78 is 0. The molecule has 19 heavy (non-hydrogen) atoms. The van der Waals surface area contributed by atoms with Crippen LogP contribution in [0.1, 0.15) is 26.3 Å². The molecule has 0 radical (unpaired) electrons. The number of hydrogen-bond acceptors (Lipinski definition) is 1. The number of rotatable bonds is 2. The summed E-state index contributed by atoms with van der Waals surface area (Å²) in [4.78, 5) is 0. The van der Waals surface area contributed by atoms with Gasteiger partial charge in [-0.25, -0.2) is 0 Å². The molecule has 0 aromatic heterocycles. The molecule has 0 aliphatic heterocycles. The van der Waals surface area contributed by atoms with Crippen molar-refractivity contribution in [1.82, 2.24) is 0 Å². The zero-order valence-corrected chi connectivity index (χ0v) is 16.1. The molecular weight excluding hydrogens is 264 g/mol. The van der Waals surface area contributed by atoms with Gasteiger partial charge in [-0.2, -0.15) is 0 Å². The normalized spacial score (nSPS) is 13.7. The molecule has 0 fully saturated rings. The van der Waals surface area contributed by atoms with Crippen molar-refractivity contribution >= 4 is 26.5 Å². The Balaban J connectivity index is 3.68. The summed E-state index contributed by atoms with van der Waals surface area (Å²) in [7, 11) is -2.89. The predicted octanol–water partition coefficient (Wildman–Crippen LogP) is 3.78. The smallest absolute Gasteiger partial charge is 0.118 e. The van der Waals surface area contributed by atoms with Gasteiger partial charge >= 0.3 is 0 Å². The van der Waals surface area contributed by atoms with Crippen LogP contribution in [0.3, 0.4) is 0 Å². The van der Waals surface area contributed by atoms with Crippen LogP contribution in [0.15, 0.2) is 12.1 Å². The Morgan fingerprint density at radius 3 is 1.63 bits per heavy atom. The molecule has 3 heteroatoms. The van der Waals surface area contributed by atoms with Gasteiger partial charge in [0.1, 0.15) is 5.75 Å². The average Bonchev–Trinajstić information content (AvgIpc) is 2.11. The molecule has 0 heterocycles. The summed E-state index contributed by atoms with van der Waals surface area (Å²) in [6, 6.07) is 4.55. The van der Waals surface area contributed by atoms with Gasteiger partial charge in [-0.05, 0) is 16.2 Å². The number of hydrogen-bond donors (Lipinski definition) is 1. The van der Waals surface area contributed by atoms with Crippen LogP contribution >= 0.6 is 0 Å². The molecule has 1 aromatic rings. The summed E-state index contributed by atoms with van der Waals surface area (Å²) in [5, 5.41) is 13.4.